The van der Waals surface area contributed by atoms with Gasteiger partial charge in [0.15, 0.2) is 16.6 Å². The van der Waals surface area contributed by atoms with E-state index in [1.54, 1.807) is 31.6 Å². The topological polar surface area (TPSA) is 60.5 Å². The number of benzene rings is 1. The maximum atomic E-state index is 12.1. The highest BCUT2D eigenvalue weighted by atomic mass is 32.1. The quantitative estimate of drug-likeness (QED) is 0.921. The Morgan fingerprint density at radius 2 is 2.09 bits per heavy atom. The van der Waals surface area contributed by atoms with E-state index in [2.05, 4.69) is 10.3 Å². The van der Waals surface area contributed by atoms with Crippen molar-refractivity contribution < 1.29 is 14.3 Å². The Morgan fingerprint density at radius 3 is 2.82 bits per heavy atom. The molecule has 5 nitrogen and oxygen atoms in total. The first-order chi connectivity index (χ1) is 10.7. The lowest BCUT2D eigenvalue weighted by Gasteiger charge is -2.09. The van der Waals surface area contributed by atoms with Gasteiger partial charge in [-0.25, -0.2) is 4.98 Å². The summed E-state index contributed by atoms with van der Waals surface area (Å²) in [6.07, 6.45) is 3.56. The third-order valence-electron chi connectivity index (χ3n) is 3.65. The lowest BCUT2D eigenvalue weighted by Crippen LogP contribution is -2.14. The van der Waals surface area contributed by atoms with Crippen LogP contribution in [0.25, 0.3) is 0 Å². The van der Waals surface area contributed by atoms with Gasteiger partial charge in [-0.15, -0.1) is 11.3 Å². The second-order valence-corrected chi connectivity index (χ2v) is 6.24. The zero-order valence-corrected chi connectivity index (χ0v) is 13.5. The van der Waals surface area contributed by atoms with E-state index in [1.807, 2.05) is 12.1 Å². The standard InChI is InChI=1S/C16H18N2O3S/c1-20-12-7-6-10(8-13(12)21-2)9-15(19)18-16-17-11-4-3-5-14(11)22-16/h6-8H,3-5,9H2,1-2H3,(H,17,18,19). The van der Waals surface area contributed by atoms with Gasteiger partial charge in [-0.3, -0.25) is 4.79 Å². The van der Waals surface area contributed by atoms with Gasteiger partial charge in [-0.1, -0.05) is 6.07 Å². The molecule has 0 aliphatic heterocycles. The normalized spacial score (nSPS) is 12.8. The van der Waals surface area contributed by atoms with Crippen molar-refractivity contribution >= 4 is 22.4 Å². The molecule has 3 rings (SSSR count). The van der Waals surface area contributed by atoms with Crippen LogP contribution in [0.1, 0.15) is 22.6 Å². The van der Waals surface area contributed by atoms with Gasteiger partial charge in [0, 0.05) is 4.88 Å². The van der Waals surface area contributed by atoms with Crippen LogP contribution >= 0.6 is 11.3 Å². The molecule has 0 fully saturated rings. The van der Waals surface area contributed by atoms with Crippen molar-refractivity contribution in [1.29, 1.82) is 0 Å². The highest BCUT2D eigenvalue weighted by molar-refractivity contribution is 7.15. The number of thiazole rings is 1. The summed E-state index contributed by atoms with van der Waals surface area (Å²) in [5.74, 6) is 1.21. The van der Waals surface area contributed by atoms with E-state index in [-0.39, 0.29) is 12.3 Å². The van der Waals surface area contributed by atoms with Gasteiger partial charge in [0.05, 0.1) is 26.3 Å². The third-order valence-corrected chi connectivity index (χ3v) is 4.73. The van der Waals surface area contributed by atoms with Crippen LogP contribution in [0.2, 0.25) is 0 Å². The minimum Gasteiger partial charge on any atom is -0.493 e. The van der Waals surface area contributed by atoms with Gasteiger partial charge in [-0.05, 0) is 37.0 Å². The molecule has 22 heavy (non-hydrogen) atoms. The molecule has 6 heteroatoms. The van der Waals surface area contributed by atoms with Crippen LogP contribution in [0.5, 0.6) is 11.5 Å². The summed E-state index contributed by atoms with van der Waals surface area (Å²) in [5.41, 5.74) is 2.02. The molecular weight excluding hydrogens is 300 g/mol. The van der Waals surface area contributed by atoms with E-state index in [9.17, 15) is 4.79 Å². The summed E-state index contributed by atoms with van der Waals surface area (Å²) < 4.78 is 10.4. The highest BCUT2D eigenvalue weighted by Gasteiger charge is 2.18. The number of hydrogen-bond donors (Lipinski definition) is 1. The minimum atomic E-state index is -0.0698. The second-order valence-electron chi connectivity index (χ2n) is 5.16. The summed E-state index contributed by atoms with van der Waals surface area (Å²) in [4.78, 5) is 17.9. The van der Waals surface area contributed by atoms with Gasteiger partial charge in [0.2, 0.25) is 5.91 Å². The summed E-state index contributed by atoms with van der Waals surface area (Å²) in [6, 6.07) is 5.49. The minimum absolute atomic E-state index is 0.0698. The number of carbonyl (C=O) groups is 1. The lowest BCUT2D eigenvalue weighted by atomic mass is 10.1. The molecule has 0 atom stereocenters. The smallest absolute Gasteiger partial charge is 0.230 e. The first kappa shape index (κ1) is 14.8. The Labute approximate surface area is 133 Å². The van der Waals surface area contributed by atoms with Crippen LogP contribution in [0, 0.1) is 0 Å². The fraction of sp³-hybridized carbons (Fsp3) is 0.375. The Bertz CT molecular complexity index is 675. The third kappa shape index (κ3) is 3.06. The van der Waals surface area contributed by atoms with Gasteiger partial charge in [-0.2, -0.15) is 0 Å². The molecule has 1 aliphatic rings. The number of anilines is 1. The number of methoxy groups -OCH3 is 2. The van der Waals surface area contributed by atoms with E-state index in [1.165, 1.54) is 11.3 Å². The number of hydrogen-bond acceptors (Lipinski definition) is 5. The highest BCUT2D eigenvalue weighted by Crippen LogP contribution is 2.31. The monoisotopic (exact) mass is 318 g/mol. The zero-order valence-electron chi connectivity index (χ0n) is 12.6. The molecule has 2 aromatic rings. The number of nitrogens with zero attached hydrogens (tertiary/aromatic N) is 1. The van der Waals surface area contributed by atoms with E-state index in [0.29, 0.717) is 16.6 Å². The number of aryl methyl sites for hydroxylation is 2. The molecule has 0 bridgehead atoms. The molecule has 1 aliphatic carbocycles. The molecule has 0 spiro atoms. The largest absolute Gasteiger partial charge is 0.493 e. The second kappa shape index (κ2) is 6.36. The van der Waals surface area contributed by atoms with Crippen molar-refractivity contribution in [3.8, 4) is 11.5 Å². The molecule has 0 saturated heterocycles. The van der Waals surface area contributed by atoms with Gasteiger partial charge < -0.3 is 14.8 Å². The van der Waals surface area contributed by atoms with Crippen molar-refractivity contribution in [2.24, 2.45) is 0 Å². The van der Waals surface area contributed by atoms with E-state index < -0.39 is 0 Å². The SMILES string of the molecule is COc1ccc(CC(=O)Nc2nc3c(s2)CCC3)cc1OC. The molecule has 0 unspecified atom stereocenters. The van der Waals surface area contributed by atoms with Gasteiger partial charge in [0.25, 0.3) is 0 Å². The number of carbonyl (C=O) groups excluding carboxylic acids is 1. The molecule has 1 aromatic heterocycles. The van der Waals surface area contributed by atoms with Gasteiger partial charge in [0.1, 0.15) is 0 Å². The Balaban J connectivity index is 1.66. The lowest BCUT2D eigenvalue weighted by molar-refractivity contribution is -0.115. The fourth-order valence-corrected chi connectivity index (χ4v) is 3.65. The average molecular weight is 318 g/mol. The summed E-state index contributed by atoms with van der Waals surface area (Å²) >= 11 is 1.59. The Morgan fingerprint density at radius 1 is 1.27 bits per heavy atom. The van der Waals surface area contributed by atoms with Crippen LogP contribution in [-0.4, -0.2) is 25.1 Å². The van der Waals surface area contributed by atoms with Crippen molar-refractivity contribution in [3.63, 3.8) is 0 Å². The predicted octanol–water partition coefficient (Wildman–Crippen LogP) is 2.83. The molecule has 1 heterocycles. The van der Waals surface area contributed by atoms with Crippen molar-refractivity contribution in [1.82, 2.24) is 4.98 Å². The van der Waals surface area contributed by atoms with Crippen molar-refractivity contribution in [2.75, 3.05) is 19.5 Å². The number of rotatable bonds is 5. The Hall–Kier alpha value is -2.08. The van der Waals surface area contributed by atoms with E-state index >= 15 is 0 Å². The van der Waals surface area contributed by atoms with Crippen LogP contribution in [-0.2, 0) is 24.1 Å². The fourth-order valence-electron chi connectivity index (χ4n) is 2.58. The van der Waals surface area contributed by atoms with Crippen molar-refractivity contribution in [3.05, 3.63) is 34.3 Å². The zero-order chi connectivity index (χ0) is 15.5. The van der Waals surface area contributed by atoms with E-state index in [0.717, 1.165) is 24.1 Å². The number of fused-ring (bicyclic) bond motifs is 1. The molecule has 0 saturated carbocycles. The molecule has 116 valence electrons. The maximum absolute atomic E-state index is 12.1. The number of nitrogens with one attached hydrogen (secondary N) is 1. The van der Waals surface area contributed by atoms with Crippen LogP contribution in [0.15, 0.2) is 18.2 Å². The van der Waals surface area contributed by atoms with Crippen LogP contribution in [0.4, 0.5) is 5.13 Å². The number of ether oxygens (including phenoxy) is 2. The van der Waals surface area contributed by atoms with Crippen LogP contribution in [0.3, 0.4) is 0 Å². The Kier molecular flexibility index (Phi) is 4.29. The van der Waals surface area contributed by atoms with E-state index in [4.69, 9.17) is 9.47 Å². The predicted molar refractivity (Wildman–Crippen MR) is 86.0 cm³/mol. The molecule has 1 amide bonds. The molecule has 1 N–H and O–H groups in total. The van der Waals surface area contributed by atoms with Crippen LogP contribution < -0.4 is 14.8 Å². The average Bonchev–Trinajstić information content (AvgIpc) is 3.08. The van der Waals surface area contributed by atoms with Gasteiger partial charge >= 0.3 is 0 Å². The molecule has 1 aromatic carbocycles. The molecule has 0 radical (unpaired) electrons. The molecular formula is C16H18N2O3S. The maximum Gasteiger partial charge on any atom is 0.230 e. The first-order valence-corrected chi connectivity index (χ1v) is 8.00. The first-order valence-electron chi connectivity index (χ1n) is 7.19. The number of amides is 1. The summed E-state index contributed by atoms with van der Waals surface area (Å²) in [5, 5.41) is 3.59. The van der Waals surface area contributed by atoms with Crippen molar-refractivity contribution in [2.45, 2.75) is 25.7 Å². The summed E-state index contributed by atoms with van der Waals surface area (Å²) in [7, 11) is 3.17. The summed E-state index contributed by atoms with van der Waals surface area (Å²) in [6.45, 7) is 0. The number of aromatic nitrogens is 1.